The van der Waals surface area contributed by atoms with Crippen molar-refractivity contribution in [3.8, 4) is 0 Å². The molecule has 2 aromatic rings. The Morgan fingerprint density at radius 3 is 2.46 bits per heavy atom. The molecule has 0 aromatic heterocycles. The minimum Gasteiger partial charge on any atom is -0.449 e. The number of carbonyl (C=O) groups excluding carboxylic acids is 2. The Hall–Kier alpha value is -2.93. The van der Waals surface area contributed by atoms with Crippen molar-refractivity contribution in [2.75, 3.05) is 5.32 Å². The topological polar surface area (TPSA) is 98.5 Å². The molecule has 0 spiro atoms. The molecule has 0 radical (unpaired) electrons. The van der Waals surface area contributed by atoms with Crippen molar-refractivity contribution in [3.05, 3.63) is 68.2 Å². The summed E-state index contributed by atoms with van der Waals surface area (Å²) in [4.78, 5) is 34.8. The van der Waals surface area contributed by atoms with Crippen molar-refractivity contribution >= 4 is 34.9 Å². The Kier molecular flexibility index (Phi) is 5.94. The van der Waals surface area contributed by atoms with E-state index in [2.05, 4.69) is 5.32 Å². The van der Waals surface area contributed by atoms with Gasteiger partial charge in [0.2, 0.25) is 0 Å². The van der Waals surface area contributed by atoms with E-state index in [1.807, 2.05) is 0 Å². The molecule has 1 amide bonds. The van der Waals surface area contributed by atoms with E-state index in [4.69, 9.17) is 16.3 Å². The first-order valence-corrected chi connectivity index (χ1v) is 8.10. The van der Waals surface area contributed by atoms with Crippen molar-refractivity contribution in [3.63, 3.8) is 0 Å². The highest BCUT2D eigenvalue weighted by atomic mass is 35.5. The number of amides is 1. The van der Waals surface area contributed by atoms with Gasteiger partial charge < -0.3 is 10.1 Å². The average molecular weight is 377 g/mol. The number of ether oxygens (including phenoxy) is 1. The number of nitrogens with zero attached hydrogens (tertiary/aromatic N) is 1. The molecule has 0 unspecified atom stereocenters. The Balaban J connectivity index is 2.09. The van der Waals surface area contributed by atoms with Gasteiger partial charge in [-0.25, -0.2) is 4.79 Å². The highest BCUT2D eigenvalue weighted by molar-refractivity contribution is 6.31. The lowest BCUT2D eigenvalue weighted by Gasteiger charge is -2.15. The Morgan fingerprint density at radius 1 is 1.15 bits per heavy atom. The molecule has 1 atom stereocenters. The van der Waals surface area contributed by atoms with E-state index in [9.17, 15) is 19.7 Å². The highest BCUT2D eigenvalue weighted by Crippen LogP contribution is 2.22. The van der Waals surface area contributed by atoms with Crippen LogP contribution < -0.4 is 5.32 Å². The zero-order valence-electron chi connectivity index (χ0n) is 14.4. The summed E-state index contributed by atoms with van der Waals surface area (Å²) < 4.78 is 5.11. The molecule has 7 nitrogen and oxygen atoms in total. The van der Waals surface area contributed by atoms with Crippen LogP contribution in [-0.4, -0.2) is 22.9 Å². The van der Waals surface area contributed by atoms with Gasteiger partial charge in [-0.15, -0.1) is 0 Å². The van der Waals surface area contributed by atoms with Crippen molar-refractivity contribution < 1.29 is 19.2 Å². The number of halogens is 1. The number of nitro benzene ring substituents is 1. The molecule has 0 saturated heterocycles. The second kappa shape index (κ2) is 7.97. The van der Waals surface area contributed by atoms with Crippen molar-refractivity contribution in [1.29, 1.82) is 0 Å². The lowest BCUT2D eigenvalue weighted by molar-refractivity contribution is -0.385. The fourth-order valence-corrected chi connectivity index (χ4v) is 2.35. The predicted octanol–water partition coefficient (Wildman–Crippen LogP) is 4.05. The van der Waals surface area contributed by atoms with Crippen LogP contribution in [0.15, 0.2) is 36.4 Å². The van der Waals surface area contributed by atoms with E-state index in [1.165, 1.54) is 19.1 Å². The summed E-state index contributed by atoms with van der Waals surface area (Å²) in [7, 11) is 0. The molecule has 0 aliphatic rings. The molecular formula is C18H17ClN2O5. The van der Waals surface area contributed by atoms with Crippen LogP contribution in [0.4, 0.5) is 11.4 Å². The fourth-order valence-electron chi connectivity index (χ4n) is 2.18. The lowest BCUT2D eigenvalue weighted by atomic mass is 10.1. The third-order valence-corrected chi connectivity index (χ3v) is 3.99. The third-order valence-electron chi connectivity index (χ3n) is 3.75. The van der Waals surface area contributed by atoms with E-state index in [-0.39, 0.29) is 11.3 Å². The summed E-state index contributed by atoms with van der Waals surface area (Å²) >= 11 is 5.91. The second-order valence-electron chi connectivity index (χ2n) is 5.75. The number of anilines is 1. The molecule has 0 saturated carbocycles. The number of aryl methyl sites for hydroxylation is 2. The number of esters is 1. The van der Waals surface area contributed by atoms with Crippen LogP contribution in [0.5, 0.6) is 0 Å². The number of hydrogen-bond acceptors (Lipinski definition) is 5. The van der Waals surface area contributed by atoms with E-state index < -0.39 is 22.9 Å². The standard InChI is InChI=1S/C18H17ClN2O5/c1-10-5-7-14(19)9-15(10)20-17(22)12(3)26-18(23)13-6-4-11(2)16(8-13)21(24)25/h4-9,12H,1-3H3,(H,20,22)/t12-/m0/s1. The first-order chi connectivity index (χ1) is 12.2. The zero-order chi connectivity index (χ0) is 19.4. The Morgan fingerprint density at radius 2 is 1.81 bits per heavy atom. The normalized spacial score (nSPS) is 11.5. The molecule has 1 N–H and O–H groups in total. The molecular weight excluding hydrogens is 360 g/mol. The third kappa shape index (κ3) is 4.58. The van der Waals surface area contributed by atoms with Crippen molar-refractivity contribution in [2.24, 2.45) is 0 Å². The van der Waals surface area contributed by atoms with Gasteiger partial charge >= 0.3 is 5.97 Å². The van der Waals surface area contributed by atoms with E-state index in [0.29, 0.717) is 16.3 Å². The van der Waals surface area contributed by atoms with Crippen LogP contribution in [0, 0.1) is 24.0 Å². The van der Waals surface area contributed by atoms with E-state index in [1.54, 1.807) is 32.0 Å². The highest BCUT2D eigenvalue weighted by Gasteiger charge is 2.22. The molecule has 0 aliphatic heterocycles. The average Bonchev–Trinajstić information content (AvgIpc) is 2.58. The number of benzene rings is 2. The summed E-state index contributed by atoms with van der Waals surface area (Å²) in [5.74, 6) is -1.36. The van der Waals surface area contributed by atoms with Crippen LogP contribution >= 0.6 is 11.6 Å². The number of rotatable bonds is 5. The number of carbonyl (C=O) groups is 2. The molecule has 8 heteroatoms. The number of nitrogens with one attached hydrogen (secondary N) is 1. The van der Waals surface area contributed by atoms with Crippen LogP contribution in [-0.2, 0) is 9.53 Å². The molecule has 0 bridgehead atoms. The van der Waals surface area contributed by atoms with Gasteiger partial charge in [-0.2, -0.15) is 0 Å². The van der Waals surface area contributed by atoms with Gasteiger partial charge in [0, 0.05) is 22.3 Å². The van der Waals surface area contributed by atoms with Crippen LogP contribution in [0.2, 0.25) is 5.02 Å². The maximum atomic E-state index is 12.2. The molecule has 0 aliphatic carbocycles. The maximum absolute atomic E-state index is 12.2. The second-order valence-corrected chi connectivity index (χ2v) is 6.19. The molecule has 136 valence electrons. The van der Waals surface area contributed by atoms with Gasteiger partial charge in [-0.3, -0.25) is 14.9 Å². The van der Waals surface area contributed by atoms with Crippen molar-refractivity contribution in [1.82, 2.24) is 0 Å². The van der Waals surface area contributed by atoms with Crippen LogP contribution in [0.25, 0.3) is 0 Å². The lowest BCUT2D eigenvalue weighted by Crippen LogP contribution is -2.30. The summed E-state index contributed by atoms with van der Waals surface area (Å²) in [5, 5.41) is 14.1. The molecule has 2 aromatic carbocycles. The number of nitro groups is 1. The van der Waals surface area contributed by atoms with E-state index in [0.717, 1.165) is 11.6 Å². The summed E-state index contributed by atoms with van der Waals surface area (Å²) in [6.07, 6.45) is -1.10. The van der Waals surface area contributed by atoms with Gasteiger partial charge in [-0.1, -0.05) is 23.7 Å². The molecule has 2 rings (SSSR count). The summed E-state index contributed by atoms with van der Waals surface area (Å²) in [6.45, 7) is 4.78. The Bertz CT molecular complexity index is 882. The van der Waals surface area contributed by atoms with E-state index >= 15 is 0 Å². The van der Waals surface area contributed by atoms with Gasteiger partial charge in [-0.05, 0) is 44.5 Å². The largest absolute Gasteiger partial charge is 0.449 e. The zero-order valence-corrected chi connectivity index (χ0v) is 15.2. The van der Waals surface area contributed by atoms with Gasteiger partial charge in [0.25, 0.3) is 11.6 Å². The minimum absolute atomic E-state index is 0.000820. The maximum Gasteiger partial charge on any atom is 0.339 e. The number of hydrogen-bond donors (Lipinski definition) is 1. The smallest absolute Gasteiger partial charge is 0.339 e. The van der Waals surface area contributed by atoms with Crippen molar-refractivity contribution in [2.45, 2.75) is 26.9 Å². The summed E-state index contributed by atoms with van der Waals surface area (Å²) in [6, 6.07) is 9.03. The summed E-state index contributed by atoms with van der Waals surface area (Å²) in [5.41, 5.74) is 1.55. The minimum atomic E-state index is -1.10. The van der Waals surface area contributed by atoms with Crippen LogP contribution in [0.1, 0.15) is 28.4 Å². The monoisotopic (exact) mass is 376 g/mol. The van der Waals surface area contributed by atoms with Gasteiger partial charge in [0.1, 0.15) is 0 Å². The molecule has 26 heavy (non-hydrogen) atoms. The fraction of sp³-hybridized carbons (Fsp3) is 0.222. The first kappa shape index (κ1) is 19.4. The first-order valence-electron chi connectivity index (χ1n) is 7.72. The predicted molar refractivity (Wildman–Crippen MR) is 97.5 cm³/mol. The van der Waals surface area contributed by atoms with Gasteiger partial charge in [0.15, 0.2) is 6.10 Å². The molecule has 0 heterocycles. The van der Waals surface area contributed by atoms with Crippen LogP contribution in [0.3, 0.4) is 0 Å². The SMILES string of the molecule is Cc1ccc(Cl)cc1NC(=O)[C@H](C)OC(=O)c1ccc(C)c([N+](=O)[O-])c1. The quantitative estimate of drug-likeness (QED) is 0.482. The molecule has 0 fully saturated rings. The Labute approximate surface area is 155 Å². The van der Waals surface area contributed by atoms with Gasteiger partial charge in [0.05, 0.1) is 10.5 Å².